The van der Waals surface area contributed by atoms with E-state index in [0.717, 1.165) is 5.92 Å². The number of piperidine rings is 1. The molecule has 0 radical (unpaired) electrons. The van der Waals surface area contributed by atoms with E-state index in [0.29, 0.717) is 12.1 Å². The Kier molecular flexibility index (Phi) is 4.64. The number of hydrogen-bond acceptors (Lipinski definition) is 2. The van der Waals surface area contributed by atoms with Crippen molar-refractivity contribution in [3.63, 3.8) is 0 Å². The van der Waals surface area contributed by atoms with Crippen LogP contribution in [0.25, 0.3) is 0 Å². The highest BCUT2D eigenvalue weighted by molar-refractivity contribution is 5.30. The van der Waals surface area contributed by atoms with Gasteiger partial charge in [0.1, 0.15) is 0 Å². The number of likely N-dealkylation sites (tertiary alicyclic amines) is 1. The molecule has 1 fully saturated rings. The lowest BCUT2D eigenvalue weighted by molar-refractivity contribution is 0.0705. The van der Waals surface area contributed by atoms with Crippen LogP contribution < -0.4 is 5.73 Å². The van der Waals surface area contributed by atoms with Gasteiger partial charge in [0.25, 0.3) is 0 Å². The number of nitrogens with zero attached hydrogens (tertiary/aromatic N) is 1. The molecular formula is C17H28N2. The molecular weight excluding hydrogens is 232 g/mol. The van der Waals surface area contributed by atoms with Gasteiger partial charge in [-0.25, -0.2) is 0 Å². The third kappa shape index (κ3) is 3.18. The second kappa shape index (κ2) is 6.06. The van der Waals surface area contributed by atoms with Gasteiger partial charge in [0.05, 0.1) is 6.04 Å². The van der Waals surface area contributed by atoms with Gasteiger partial charge in [-0.2, -0.15) is 0 Å². The predicted octanol–water partition coefficient (Wildman–Crippen LogP) is 3.50. The van der Waals surface area contributed by atoms with E-state index in [2.05, 4.69) is 56.9 Å². The Morgan fingerprint density at radius 2 is 1.95 bits per heavy atom. The van der Waals surface area contributed by atoms with Crippen molar-refractivity contribution in [1.82, 2.24) is 4.90 Å². The Morgan fingerprint density at radius 1 is 1.26 bits per heavy atom. The van der Waals surface area contributed by atoms with Gasteiger partial charge in [-0.3, -0.25) is 4.90 Å². The van der Waals surface area contributed by atoms with E-state index in [1.54, 1.807) is 0 Å². The topological polar surface area (TPSA) is 29.3 Å². The van der Waals surface area contributed by atoms with Crippen LogP contribution in [-0.2, 0) is 0 Å². The van der Waals surface area contributed by atoms with Gasteiger partial charge in [0, 0.05) is 12.1 Å². The zero-order chi connectivity index (χ0) is 14.0. The molecule has 2 rings (SSSR count). The third-order valence-electron chi connectivity index (χ3n) is 4.55. The molecule has 2 heteroatoms. The molecule has 1 aliphatic heterocycles. The van der Waals surface area contributed by atoms with Crippen LogP contribution in [0.5, 0.6) is 0 Å². The van der Waals surface area contributed by atoms with Gasteiger partial charge in [-0.05, 0) is 57.2 Å². The SMILES string of the molecule is Cc1ccccc1C(C(C)N)N1CCC(C)CC1C. The minimum atomic E-state index is 0.164. The van der Waals surface area contributed by atoms with Crippen molar-refractivity contribution in [3.8, 4) is 0 Å². The Morgan fingerprint density at radius 3 is 2.53 bits per heavy atom. The summed E-state index contributed by atoms with van der Waals surface area (Å²) in [4.78, 5) is 2.62. The summed E-state index contributed by atoms with van der Waals surface area (Å²) in [6.45, 7) is 10.2. The maximum absolute atomic E-state index is 6.32. The first-order chi connectivity index (χ1) is 9.00. The molecule has 2 nitrogen and oxygen atoms in total. The summed E-state index contributed by atoms with van der Waals surface area (Å²) in [5.41, 5.74) is 9.08. The van der Waals surface area contributed by atoms with E-state index >= 15 is 0 Å². The van der Waals surface area contributed by atoms with Crippen molar-refractivity contribution in [3.05, 3.63) is 35.4 Å². The molecule has 0 aromatic heterocycles. The molecule has 1 saturated heterocycles. The predicted molar refractivity (Wildman–Crippen MR) is 82.1 cm³/mol. The minimum Gasteiger partial charge on any atom is -0.326 e. The average molecular weight is 260 g/mol. The maximum atomic E-state index is 6.32. The molecule has 0 bridgehead atoms. The second-order valence-corrected chi connectivity index (χ2v) is 6.38. The fourth-order valence-corrected chi connectivity index (χ4v) is 3.52. The molecule has 0 saturated carbocycles. The summed E-state index contributed by atoms with van der Waals surface area (Å²) in [7, 11) is 0. The smallest absolute Gasteiger partial charge is 0.0501 e. The fourth-order valence-electron chi connectivity index (χ4n) is 3.52. The highest BCUT2D eigenvalue weighted by atomic mass is 15.2. The highest BCUT2D eigenvalue weighted by Gasteiger charge is 2.32. The van der Waals surface area contributed by atoms with Crippen molar-refractivity contribution < 1.29 is 0 Å². The van der Waals surface area contributed by atoms with Crippen LogP contribution in [0.3, 0.4) is 0 Å². The van der Waals surface area contributed by atoms with E-state index in [-0.39, 0.29) is 6.04 Å². The first-order valence-corrected chi connectivity index (χ1v) is 7.57. The van der Waals surface area contributed by atoms with Crippen LogP contribution in [0.15, 0.2) is 24.3 Å². The minimum absolute atomic E-state index is 0.164. The number of hydrogen-bond donors (Lipinski definition) is 1. The van der Waals surface area contributed by atoms with Crippen LogP contribution in [-0.4, -0.2) is 23.5 Å². The molecule has 19 heavy (non-hydrogen) atoms. The number of aryl methyl sites for hydroxylation is 1. The standard InChI is InChI=1S/C17H28N2/c1-12-9-10-19(14(3)11-12)17(15(4)18)16-8-6-5-7-13(16)2/h5-8,12,14-15,17H,9-11,18H2,1-4H3. The molecule has 0 amide bonds. The molecule has 4 unspecified atom stereocenters. The summed E-state index contributed by atoms with van der Waals surface area (Å²) < 4.78 is 0. The van der Waals surface area contributed by atoms with Gasteiger partial charge in [-0.15, -0.1) is 0 Å². The molecule has 1 heterocycles. The van der Waals surface area contributed by atoms with Crippen LogP contribution in [0.2, 0.25) is 0 Å². The third-order valence-corrected chi connectivity index (χ3v) is 4.55. The summed E-state index contributed by atoms with van der Waals surface area (Å²) >= 11 is 0. The number of rotatable bonds is 3. The molecule has 1 aromatic rings. The van der Waals surface area contributed by atoms with Crippen LogP contribution in [0, 0.1) is 12.8 Å². The molecule has 0 spiro atoms. The van der Waals surface area contributed by atoms with Gasteiger partial charge < -0.3 is 5.73 Å². The summed E-state index contributed by atoms with van der Waals surface area (Å²) in [5.74, 6) is 0.844. The highest BCUT2D eigenvalue weighted by Crippen LogP contribution is 2.33. The van der Waals surface area contributed by atoms with E-state index in [9.17, 15) is 0 Å². The number of benzene rings is 1. The lowest BCUT2D eigenvalue weighted by atomic mass is 9.87. The monoisotopic (exact) mass is 260 g/mol. The van der Waals surface area contributed by atoms with Crippen molar-refractivity contribution >= 4 is 0 Å². The Bertz CT molecular complexity index is 413. The second-order valence-electron chi connectivity index (χ2n) is 6.38. The first-order valence-electron chi connectivity index (χ1n) is 7.57. The molecule has 4 atom stereocenters. The normalized spacial score (nSPS) is 28.1. The Balaban J connectivity index is 2.28. The molecule has 1 aromatic carbocycles. The summed E-state index contributed by atoms with van der Waals surface area (Å²) in [6, 6.07) is 9.82. The molecule has 0 aliphatic carbocycles. The largest absolute Gasteiger partial charge is 0.326 e. The quantitative estimate of drug-likeness (QED) is 0.901. The maximum Gasteiger partial charge on any atom is 0.0501 e. The lowest BCUT2D eigenvalue weighted by Crippen LogP contribution is -2.48. The van der Waals surface area contributed by atoms with Crippen molar-refractivity contribution in [1.29, 1.82) is 0 Å². The Hall–Kier alpha value is -0.860. The Labute approximate surface area is 118 Å². The molecule has 106 valence electrons. The number of nitrogens with two attached hydrogens (primary N) is 1. The fraction of sp³-hybridized carbons (Fsp3) is 0.647. The van der Waals surface area contributed by atoms with Gasteiger partial charge in [-0.1, -0.05) is 31.2 Å². The van der Waals surface area contributed by atoms with Gasteiger partial charge in [0.2, 0.25) is 0 Å². The van der Waals surface area contributed by atoms with E-state index in [1.807, 2.05) is 0 Å². The van der Waals surface area contributed by atoms with E-state index in [1.165, 1.54) is 30.5 Å². The first kappa shape index (κ1) is 14.5. The van der Waals surface area contributed by atoms with Crippen LogP contribution in [0.1, 0.15) is 50.8 Å². The van der Waals surface area contributed by atoms with E-state index in [4.69, 9.17) is 5.73 Å². The van der Waals surface area contributed by atoms with Gasteiger partial charge in [0.15, 0.2) is 0 Å². The van der Waals surface area contributed by atoms with Crippen molar-refractivity contribution in [2.45, 2.75) is 58.7 Å². The van der Waals surface area contributed by atoms with Crippen molar-refractivity contribution in [2.75, 3.05) is 6.54 Å². The van der Waals surface area contributed by atoms with Gasteiger partial charge >= 0.3 is 0 Å². The summed E-state index contributed by atoms with van der Waals surface area (Å²) in [5, 5.41) is 0. The lowest BCUT2D eigenvalue weighted by Gasteiger charge is -2.44. The van der Waals surface area contributed by atoms with E-state index < -0.39 is 0 Å². The molecule has 1 aliphatic rings. The summed E-state index contributed by atoms with van der Waals surface area (Å²) in [6.07, 6.45) is 2.58. The van der Waals surface area contributed by atoms with Crippen LogP contribution >= 0.6 is 0 Å². The zero-order valence-electron chi connectivity index (χ0n) is 12.8. The zero-order valence-corrected chi connectivity index (χ0v) is 12.8. The molecule has 2 N–H and O–H groups in total. The van der Waals surface area contributed by atoms with Crippen LogP contribution in [0.4, 0.5) is 0 Å². The average Bonchev–Trinajstić information content (AvgIpc) is 2.34. The van der Waals surface area contributed by atoms with Crippen molar-refractivity contribution in [2.24, 2.45) is 11.7 Å².